The fourth-order valence-corrected chi connectivity index (χ4v) is 1.05. The van der Waals surface area contributed by atoms with Crippen LogP contribution in [0, 0.1) is 0 Å². The summed E-state index contributed by atoms with van der Waals surface area (Å²) in [6.07, 6.45) is 0. The van der Waals surface area contributed by atoms with Crippen LogP contribution in [-0.4, -0.2) is 39.7 Å². The van der Waals surface area contributed by atoms with E-state index >= 15 is 0 Å². The van der Waals surface area contributed by atoms with E-state index in [1.807, 2.05) is 24.3 Å². The number of nitrogens with one attached hydrogen (secondary N) is 1. The summed E-state index contributed by atoms with van der Waals surface area (Å²) in [7, 11) is 0. The zero-order valence-corrected chi connectivity index (χ0v) is 10.1. The molecule has 96 valence electrons. The Morgan fingerprint density at radius 3 is 2.39 bits per heavy atom. The molecule has 1 heterocycles. The highest BCUT2D eigenvalue weighted by molar-refractivity contribution is 5.86. The molecule has 18 heavy (non-hydrogen) atoms. The number of esters is 1. The van der Waals surface area contributed by atoms with E-state index in [1.54, 1.807) is 6.92 Å². The summed E-state index contributed by atoms with van der Waals surface area (Å²) in [4.78, 5) is 10.5. The summed E-state index contributed by atoms with van der Waals surface area (Å²) in [6, 6.07) is 7.70. The molecule has 0 fully saturated rings. The molecule has 0 atom stereocenters. The highest BCUT2D eigenvalue weighted by Crippen LogP contribution is 2.03. The lowest BCUT2D eigenvalue weighted by Crippen LogP contribution is -2.08. The number of aromatic amines is 1. The van der Waals surface area contributed by atoms with Gasteiger partial charge in [-0.3, -0.25) is 0 Å². The van der Waals surface area contributed by atoms with Crippen molar-refractivity contribution in [1.82, 2.24) is 15.4 Å². The number of hydrogen-bond acceptors (Lipinski definition) is 5. The maximum absolute atomic E-state index is 10.5. The van der Waals surface area contributed by atoms with E-state index in [9.17, 15) is 4.79 Å². The highest BCUT2D eigenvalue weighted by Gasteiger charge is 1.99. The van der Waals surface area contributed by atoms with Crippen LogP contribution in [0.5, 0.6) is 0 Å². The minimum Gasteiger partial charge on any atom is -0.460 e. The van der Waals surface area contributed by atoms with Crippen molar-refractivity contribution < 1.29 is 14.6 Å². The van der Waals surface area contributed by atoms with Crippen LogP contribution in [0.1, 0.15) is 6.92 Å². The normalized spacial score (nSPS) is 9.44. The van der Waals surface area contributed by atoms with Gasteiger partial charge in [-0.25, -0.2) is 4.79 Å². The van der Waals surface area contributed by atoms with Gasteiger partial charge in [0.25, 0.3) is 0 Å². The SMILES string of the molecule is C=C(C)C(=O)OCCO.c1ccc2n[nH]nc2c1. The molecule has 2 aromatic rings. The molecule has 6 nitrogen and oxygen atoms in total. The van der Waals surface area contributed by atoms with Crippen LogP contribution in [-0.2, 0) is 9.53 Å². The summed E-state index contributed by atoms with van der Waals surface area (Å²) in [6.45, 7) is 4.81. The Kier molecular flexibility index (Phi) is 5.53. The number of para-hydroxylation sites is 2. The van der Waals surface area contributed by atoms with Crippen molar-refractivity contribution in [2.45, 2.75) is 6.92 Å². The zero-order chi connectivity index (χ0) is 13.4. The van der Waals surface area contributed by atoms with Crippen LogP contribution in [0.4, 0.5) is 0 Å². The van der Waals surface area contributed by atoms with Gasteiger partial charge < -0.3 is 9.84 Å². The fourth-order valence-electron chi connectivity index (χ4n) is 1.05. The quantitative estimate of drug-likeness (QED) is 0.627. The van der Waals surface area contributed by atoms with Gasteiger partial charge in [0, 0.05) is 5.57 Å². The molecule has 0 amide bonds. The first kappa shape index (κ1) is 13.9. The van der Waals surface area contributed by atoms with E-state index in [0.717, 1.165) is 11.0 Å². The van der Waals surface area contributed by atoms with Gasteiger partial charge in [0.05, 0.1) is 6.61 Å². The third-order valence-electron chi connectivity index (χ3n) is 1.90. The van der Waals surface area contributed by atoms with Crippen LogP contribution in [0.25, 0.3) is 11.0 Å². The predicted molar refractivity (Wildman–Crippen MR) is 66.7 cm³/mol. The molecular weight excluding hydrogens is 234 g/mol. The van der Waals surface area contributed by atoms with Crippen LogP contribution < -0.4 is 0 Å². The number of fused-ring (bicyclic) bond motifs is 1. The number of rotatable bonds is 3. The minimum absolute atomic E-state index is 0.0473. The van der Waals surface area contributed by atoms with Crippen molar-refractivity contribution in [2.75, 3.05) is 13.2 Å². The fraction of sp³-hybridized carbons (Fsp3) is 0.250. The molecular formula is C12H15N3O3. The smallest absolute Gasteiger partial charge is 0.333 e. The molecule has 1 aromatic carbocycles. The van der Waals surface area contributed by atoms with Gasteiger partial charge in [0.1, 0.15) is 17.6 Å². The molecule has 0 aliphatic rings. The van der Waals surface area contributed by atoms with Gasteiger partial charge in [0.15, 0.2) is 0 Å². The topological polar surface area (TPSA) is 88.1 Å². The summed E-state index contributed by atoms with van der Waals surface area (Å²) in [5.41, 5.74) is 2.18. The molecule has 1 aromatic heterocycles. The number of benzene rings is 1. The van der Waals surface area contributed by atoms with Gasteiger partial charge in [-0.1, -0.05) is 18.7 Å². The van der Waals surface area contributed by atoms with E-state index in [2.05, 4.69) is 26.7 Å². The van der Waals surface area contributed by atoms with Gasteiger partial charge >= 0.3 is 5.97 Å². The molecule has 2 rings (SSSR count). The Hall–Kier alpha value is -2.21. The monoisotopic (exact) mass is 249 g/mol. The number of carbonyl (C=O) groups is 1. The Balaban J connectivity index is 0.000000180. The highest BCUT2D eigenvalue weighted by atomic mass is 16.5. The van der Waals surface area contributed by atoms with Gasteiger partial charge in [-0.2, -0.15) is 15.4 Å². The largest absolute Gasteiger partial charge is 0.460 e. The number of hydrogen-bond donors (Lipinski definition) is 2. The summed E-state index contributed by atoms with van der Waals surface area (Å²) < 4.78 is 4.46. The molecule has 0 unspecified atom stereocenters. The Morgan fingerprint density at radius 1 is 1.39 bits per heavy atom. The first-order chi connectivity index (χ1) is 8.65. The van der Waals surface area contributed by atoms with E-state index in [-0.39, 0.29) is 13.2 Å². The Morgan fingerprint density at radius 2 is 1.94 bits per heavy atom. The molecule has 0 bridgehead atoms. The van der Waals surface area contributed by atoms with Crippen molar-refractivity contribution in [3.05, 3.63) is 36.4 Å². The first-order valence-electron chi connectivity index (χ1n) is 5.34. The molecule has 0 aliphatic heterocycles. The molecule has 6 heteroatoms. The van der Waals surface area contributed by atoms with E-state index in [4.69, 9.17) is 5.11 Å². The van der Waals surface area contributed by atoms with E-state index in [1.165, 1.54) is 0 Å². The zero-order valence-electron chi connectivity index (χ0n) is 10.1. The third kappa shape index (κ3) is 4.34. The maximum atomic E-state index is 10.5. The van der Waals surface area contributed by atoms with Crippen molar-refractivity contribution in [1.29, 1.82) is 0 Å². The van der Waals surface area contributed by atoms with Gasteiger partial charge in [-0.05, 0) is 19.1 Å². The first-order valence-corrected chi connectivity index (χ1v) is 5.34. The van der Waals surface area contributed by atoms with Crippen molar-refractivity contribution in [2.24, 2.45) is 0 Å². The maximum Gasteiger partial charge on any atom is 0.333 e. The van der Waals surface area contributed by atoms with Gasteiger partial charge in [-0.15, -0.1) is 0 Å². The Bertz CT molecular complexity index is 492. The number of carbonyl (C=O) groups excluding carboxylic acids is 1. The van der Waals surface area contributed by atoms with Crippen LogP contribution in [0.2, 0.25) is 0 Å². The number of aromatic nitrogens is 3. The third-order valence-corrected chi connectivity index (χ3v) is 1.90. The van der Waals surface area contributed by atoms with Crippen LogP contribution >= 0.6 is 0 Å². The lowest BCUT2D eigenvalue weighted by Gasteiger charge is -1.99. The molecule has 0 spiro atoms. The van der Waals surface area contributed by atoms with Crippen molar-refractivity contribution >= 4 is 17.0 Å². The lowest BCUT2D eigenvalue weighted by atomic mass is 10.3. The standard InChI is InChI=1S/C6H5N3.C6H10O3/c1-2-4-6-5(3-1)7-9-8-6;1-5(2)6(8)9-4-3-7/h1-4H,(H,7,8,9);7H,1,3-4H2,2H3. The second-order valence-corrected chi connectivity index (χ2v) is 3.45. The molecule has 0 saturated carbocycles. The molecule has 0 saturated heterocycles. The number of aliphatic hydroxyl groups excluding tert-OH is 1. The number of ether oxygens (including phenoxy) is 1. The average Bonchev–Trinajstić information content (AvgIpc) is 2.84. The lowest BCUT2D eigenvalue weighted by molar-refractivity contribution is -0.139. The molecule has 2 N–H and O–H groups in total. The Labute approximate surface area is 104 Å². The van der Waals surface area contributed by atoms with Crippen LogP contribution in [0.15, 0.2) is 36.4 Å². The minimum atomic E-state index is -0.455. The summed E-state index contributed by atoms with van der Waals surface area (Å²) >= 11 is 0. The predicted octanol–water partition coefficient (Wildman–Crippen LogP) is 1.06. The van der Waals surface area contributed by atoms with Gasteiger partial charge in [0.2, 0.25) is 0 Å². The number of H-pyrrole nitrogens is 1. The van der Waals surface area contributed by atoms with E-state index in [0.29, 0.717) is 5.57 Å². The average molecular weight is 249 g/mol. The number of aliphatic hydroxyl groups is 1. The van der Waals surface area contributed by atoms with Crippen molar-refractivity contribution in [3.63, 3.8) is 0 Å². The second kappa shape index (κ2) is 7.18. The number of nitrogens with zero attached hydrogens (tertiary/aromatic N) is 2. The molecule has 0 radical (unpaired) electrons. The van der Waals surface area contributed by atoms with E-state index < -0.39 is 5.97 Å². The van der Waals surface area contributed by atoms with Crippen LogP contribution in [0.3, 0.4) is 0 Å². The summed E-state index contributed by atoms with van der Waals surface area (Å²) in [5, 5.41) is 18.5. The van der Waals surface area contributed by atoms with Crippen molar-refractivity contribution in [3.8, 4) is 0 Å². The second-order valence-electron chi connectivity index (χ2n) is 3.45. The summed E-state index contributed by atoms with van der Waals surface area (Å²) in [5.74, 6) is -0.455. The molecule has 0 aliphatic carbocycles.